The number of nitrogens with zero attached hydrogens (tertiary/aromatic N) is 3. The largest absolute Gasteiger partial charge is 0.287 e. The molecule has 0 aromatic heterocycles. The molecule has 6 nitrogen and oxygen atoms in total. The van der Waals surface area contributed by atoms with Gasteiger partial charge in [-0.2, -0.15) is 0 Å². The van der Waals surface area contributed by atoms with Crippen LogP contribution in [0.5, 0.6) is 0 Å². The van der Waals surface area contributed by atoms with Gasteiger partial charge in [-0.05, 0) is 42.2 Å². The minimum absolute atomic E-state index is 0.172. The summed E-state index contributed by atoms with van der Waals surface area (Å²) in [6.45, 7) is 4.84. The van der Waals surface area contributed by atoms with Crippen LogP contribution in [0.4, 0.5) is 11.4 Å². The van der Waals surface area contributed by atoms with Crippen molar-refractivity contribution in [3.05, 3.63) is 59.7 Å². The average molecular weight is 436 g/mol. The summed E-state index contributed by atoms with van der Waals surface area (Å²) in [4.78, 5) is 45.3. The lowest BCUT2D eigenvalue weighted by Crippen LogP contribution is -2.39. The van der Waals surface area contributed by atoms with Crippen LogP contribution in [0.15, 0.2) is 53.5 Å². The monoisotopic (exact) mass is 435 g/mol. The van der Waals surface area contributed by atoms with Crippen molar-refractivity contribution in [3.63, 3.8) is 0 Å². The van der Waals surface area contributed by atoms with Crippen LogP contribution in [0.25, 0.3) is 0 Å². The van der Waals surface area contributed by atoms with Gasteiger partial charge in [-0.25, -0.2) is 4.99 Å². The Morgan fingerprint density at radius 2 is 1.77 bits per heavy atom. The third-order valence-corrected chi connectivity index (χ3v) is 6.47. The number of aliphatic imine (C=N–C) groups is 1. The van der Waals surface area contributed by atoms with Crippen LogP contribution in [0.3, 0.4) is 0 Å². The van der Waals surface area contributed by atoms with Crippen LogP contribution in [-0.4, -0.2) is 40.1 Å². The first-order chi connectivity index (χ1) is 15.0. The van der Waals surface area contributed by atoms with E-state index in [2.05, 4.69) is 19.9 Å². The molecular weight excluding hydrogens is 410 g/mol. The molecule has 2 aromatic carbocycles. The number of anilines is 1. The van der Waals surface area contributed by atoms with E-state index in [4.69, 9.17) is 4.99 Å². The second-order valence-electron chi connectivity index (χ2n) is 7.94. The number of thioether (sulfide) groups is 1. The molecule has 160 valence electrons. The summed E-state index contributed by atoms with van der Waals surface area (Å²) >= 11 is 1.58. The molecule has 2 aliphatic rings. The van der Waals surface area contributed by atoms with E-state index < -0.39 is 0 Å². The quantitative estimate of drug-likeness (QED) is 0.651. The molecular formula is C24H25N3O3S. The zero-order chi connectivity index (χ0) is 22.0. The summed E-state index contributed by atoms with van der Waals surface area (Å²) < 4.78 is 0. The van der Waals surface area contributed by atoms with Gasteiger partial charge in [0.15, 0.2) is 5.17 Å². The minimum atomic E-state index is -0.226. The molecule has 0 bridgehead atoms. The number of amides is 3. The van der Waals surface area contributed by atoms with Gasteiger partial charge in [0.1, 0.15) is 0 Å². The number of amidine groups is 1. The highest BCUT2D eigenvalue weighted by atomic mass is 32.2. The van der Waals surface area contributed by atoms with Crippen LogP contribution >= 0.6 is 11.8 Å². The van der Waals surface area contributed by atoms with Crippen LogP contribution in [-0.2, 0) is 9.59 Å². The molecule has 31 heavy (non-hydrogen) atoms. The molecule has 2 aromatic rings. The average Bonchev–Trinajstić information content (AvgIpc) is 3.12. The van der Waals surface area contributed by atoms with Crippen molar-refractivity contribution in [2.45, 2.75) is 39.0 Å². The highest BCUT2D eigenvalue weighted by molar-refractivity contribution is 8.13. The van der Waals surface area contributed by atoms with Gasteiger partial charge in [0.2, 0.25) is 11.8 Å². The van der Waals surface area contributed by atoms with Crippen LogP contribution < -0.4 is 4.90 Å². The van der Waals surface area contributed by atoms with Gasteiger partial charge in [0, 0.05) is 30.7 Å². The summed E-state index contributed by atoms with van der Waals surface area (Å²) in [5.41, 5.74) is 2.91. The molecule has 2 fully saturated rings. The minimum Gasteiger partial charge on any atom is -0.287 e. The Morgan fingerprint density at radius 1 is 1.03 bits per heavy atom. The van der Waals surface area contributed by atoms with Gasteiger partial charge in [0.25, 0.3) is 5.91 Å². The molecule has 0 saturated carbocycles. The zero-order valence-corrected chi connectivity index (χ0v) is 18.5. The third-order valence-electron chi connectivity index (χ3n) is 5.41. The normalized spacial score (nSPS) is 18.4. The maximum absolute atomic E-state index is 13.4. The van der Waals surface area contributed by atoms with E-state index in [9.17, 15) is 14.4 Å². The number of imide groups is 1. The fourth-order valence-electron chi connectivity index (χ4n) is 3.82. The van der Waals surface area contributed by atoms with Crippen LogP contribution in [0.2, 0.25) is 0 Å². The van der Waals surface area contributed by atoms with Crippen molar-refractivity contribution in [1.29, 1.82) is 0 Å². The number of para-hydroxylation sites is 1. The lowest BCUT2D eigenvalue weighted by atomic mass is 10.0. The van der Waals surface area contributed by atoms with E-state index in [-0.39, 0.29) is 30.6 Å². The molecule has 3 amide bonds. The first-order valence-electron chi connectivity index (χ1n) is 10.5. The maximum Gasteiger partial charge on any atom is 0.259 e. The number of benzene rings is 2. The number of hydrogen-bond acceptors (Lipinski definition) is 5. The molecule has 0 unspecified atom stereocenters. The maximum atomic E-state index is 13.4. The zero-order valence-electron chi connectivity index (χ0n) is 17.7. The van der Waals surface area contributed by atoms with Crippen molar-refractivity contribution in [2.75, 3.05) is 17.2 Å². The van der Waals surface area contributed by atoms with Gasteiger partial charge in [-0.15, -0.1) is 0 Å². The lowest BCUT2D eigenvalue weighted by Gasteiger charge is -2.28. The first kappa shape index (κ1) is 21.3. The van der Waals surface area contributed by atoms with Crippen molar-refractivity contribution < 1.29 is 14.4 Å². The molecule has 0 spiro atoms. The molecule has 0 aliphatic carbocycles. The van der Waals surface area contributed by atoms with Gasteiger partial charge >= 0.3 is 0 Å². The van der Waals surface area contributed by atoms with Crippen molar-refractivity contribution >= 4 is 46.0 Å². The van der Waals surface area contributed by atoms with E-state index in [1.807, 2.05) is 18.2 Å². The first-order valence-corrected chi connectivity index (χ1v) is 11.5. The van der Waals surface area contributed by atoms with Gasteiger partial charge in [-0.3, -0.25) is 24.2 Å². The molecule has 0 N–H and O–H groups in total. The number of hydrogen-bond donors (Lipinski definition) is 0. The Bertz CT molecular complexity index is 1050. The van der Waals surface area contributed by atoms with E-state index in [0.29, 0.717) is 28.9 Å². The van der Waals surface area contributed by atoms with E-state index in [1.54, 1.807) is 40.9 Å². The predicted octanol–water partition coefficient (Wildman–Crippen LogP) is 4.73. The Labute approximate surface area is 186 Å². The molecule has 0 atom stereocenters. The highest BCUT2D eigenvalue weighted by Gasteiger charge is 2.31. The van der Waals surface area contributed by atoms with Gasteiger partial charge in [-0.1, -0.05) is 49.9 Å². The molecule has 7 heteroatoms. The summed E-state index contributed by atoms with van der Waals surface area (Å²) in [6, 6.07) is 14.8. The Morgan fingerprint density at radius 3 is 2.52 bits per heavy atom. The van der Waals surface area contributed by atoms with E-state index in [0.717, 1.165) is 23.4 Å². The second kappa shape index (κ2) is 9.06. The van der Waals surface area contributed by atoms with Crippen molar-refractivity contribution in [1.82, 2.24) is 4.90 Å². The highest BCUT2D eigenvalue weighted by Crippen LogP contribution is 2.30. The lowest BCUT2D eigenvalue weighted by molar-refractivity contribution is -0.121. The van der Waals surface area contributed by atoms with Gasteiger partial charge < -0.3 is 0 Å². The fourth-order valence-corrected chi connectivity index (χ4v) is 4.77. The SMILES string of the molecule is CC(C)c1ccccc1N=C1SCCCN1C(=O)c1cccc(N2C(=O)CCC2=O)c1. The van der Waals surface area contributed by atoms with Gasteiger partial charge in [0.05, 0.1) is 11.4 Å². The second-order valence-corrected chi connectivity index (χ2v) is 9.00. The van der Waals surface area contributed by atoms with Crippen molar-refractivity contribution in [3.8, 4) is 0 Å². The fraction of sp³-hybridized carbons (Fsp3) is 0.333. The summed E-state index contributed by atoms with van der Waals surface area (Å²) in [6.07, 6.45) is 1.31. The standard InChI is InChI=1S/C24H25N3O3S/c1-16(2)19-9-3-4-10-20(19)25-24-26(13-6-14-31-24)23(30)17-7-5-8-18(15-17)27-21(28)11-12-22(27)29/h3-5,7-10,15-16H,6,11-14H2,1-2H3. The number of carbonyl (C=O) groups is 3. The topological polar surface area (TPSA) is 70.1 Å². The Balaban J connectivity index is 1.65. The summed E-state index contributed by atoms with van der Waals surface area (Å²) in [5, 5.41) is 0.683. The summed E-state index contributed by atoms with van der Waals surface area (Å²) in [5.74, 6) is 0.606. The van der Waals surface area contributed by atoms with Crippen LogP contribution in [0, 0.1) is 0 Å². The Hall–Kier alpha value is -2.93. The van der Waals surface area contributed by atoms with Crippen molar-refractivity contribution in [2.24, 2.45) is 4.99 Å². The number of rotatable bonds is 4. The molecule has 4 rings (SSSR count). The van der Waals surface area contributed by atoms with Crippen LogP contribution in [0.1, 0.15) is 54.9 Å². The number of carbonyl (C=O) groups excluding carboxylic acids is 3. The molecule has 2 aliphatic heterocycles. The summed E-state index contributed by atoms with van der Waals surface area (Å²) in [7, 11) is 0. The molecule has 2 heterocycles. The predicted molar refractivity (Wildman–Crippen MR) is 124 cm³/mol. The molecule has 2 saturated heterocycles. The molecule has 0 radical (unpaired) electrons. The smallest absolute Gasteiger partial charge is 0.259 e. The third kappa shape index (κ3) is 4.42. The Kier molecular flexibility index (Phi) is 6.23. The van der Waals surface area contributed by atoms with E-state index in [1.165, 1.54) is 4.90 Å². The van der Waals surface area contributed by atoms with E-state index >= 15 is 0 Å².